The van der Waals surface area contributed by atoms with Gasteiger partial charge in [-0.3, -0.25) is 15.0 Å². The van der Waals surface area contributed by atoms with Crippen LogP contribution < -0.4 is 14.2 Å². The van der Waals surface area contributed by atoms with Gasteiger partial charge in [-0.2, -0.15) is 0 Å². The van der Waals surface area contributed by atoms with Crippen LogP contribution in [0.1, 0.15) is 176 Å². The Morgan fingerprint density at radius 3 is 1.18 bits per heavy atom. The Labute approximate surface area is 527 Å². The van der Waals surface area contributed by atoms with Gasteiger partial charge in [0.2, 0.25) is 0 Å². The Morgan fingerprint density at radius 2 is 0.852 bits per heavy atom. The predicted molar refractivity (Wildman–Crippen MR) is 342 cm³/mol. The molecule has 13 heteroatoms. The van der Waals surface area contributed by atoms with Gasteiger partial charge in [-0.15, -0.1) is 0 Å². The second-order valence-electron chi connectivity index (χ2n) is 30.4. The minimum absolute atomic E-state index is 0.0428. The minimum Gasteiger partial charge on any atom is -0.493 e. The summed E-state index contributed by atoms with van der Waals surface area (Å²) >= 11 is 0. The van der Waals surface area contributed by atoms with Gasteiger partial charge in [0.15, 0.2) is 12.6 Å². The summed E-state index contributed by atoms with van der Waals surface area (Å²) in [5, 5.41) is 20.6. The second kappa shape index (κ2) is 27.4. The normalized spacial score (nSPS) is 39.9. The predicted octanol–water partition coefficient (Wildman–Crippen LogP) is 15.0. The molecule has 11 aliphatic rings. The van der Waals surface area contributed by atoms with Crippen molar-refractivity contribution in [2.24, 2.45) is 85.8 Å². The molecule has 3 aromatic rings. The fourth-order valence-corrected chi connectivity index (χ4v) is 19.2. The summed E-state index contributed by atoms with van der Waals surface area (Å²) < 4.78 is 43.6. The molecule has 3 unspecified atom stereocenters. The van der Waals surface area contributed by atoms with Crippen LogP contribution in [0.4, 0.5) is 0 Å². The lowest BCUT2D eigenvalue weighted by molar-refractivity contribution is -0.308. The first-order chi connectivity index (χ1) is 42.4. The molecule has 13 nitrogen and oxygen atoms in total. The minimum atomic E-state index is -0.421. The third-order valence-corrected chi connectivity index (χ3v) is 24.8. The number of nitrogens with zero attached hydrogens (tertiary/aromatic N) is 3. The lowest BCUT2D eigenvalue weighted by Crippen LogP contribution is -2.61. The summed E-state index contributed by atoms with van der Waals surface area (Å²) in [4.78, 5) is 21.7. The highest BCUT2D eigenvalue weighted by molar-refractivity contribution is 5.56. The fourth-order valence-electron chi connectivity index (χ4n) is 19.2. The van der Waals surface area contributed by atoms with E-state index < -0.39 is 11.5 Å². The molecule has 3 aromatic heterocycles. The molecule has 0 aromatic carbocycles. The summed E-state index contributed by atoms with van der Waals surface area (Å²) in [6, 6.07) is 11.5. The molecule has 17 atom stereocenters. The van der Waals surface area contributed by atoms with Crippen LogP contribution in [0, 0.1) is 85.8 Å². The first kappa shape index (κ1) is 65.0. The van der Waals surface area contributed by atoms with Gasteiger partial charge in [0.05, 0.1) is 58.0 Å². The van der Waals surface area contributed by atoms with E-state index in [0.717, 1.165) is 133 Å². The Morgan fingerprint density at radius 1 is 0.500 bits per heavy atom. The molecule has 2 aliphatic heterocycles. The van der Waals surface area contributed by atoms with Crippen molar-refractivity contribution in [1.29, 1.82) is 0 Å². The Hall–Kier alpha value is -4.50. The van der Waals surface area contributed by atoms with E-state index >= 15 is 0 Å². The van der Waals surface area contributed by atoms with E-state index in [1.807, 2.05) is 36.4 Å². The van der Waals surface area contributed by atoms with Gasteiger partial charge >= 0.3 is 0 Å². The molecule has 9 aliphatic carbocycles. The van der Waals surface area contributed by atoms with Crippen LogP contribution in [0.15, 0.2) is 110 Å². The third-order valence-electron chi connectivity index (χ3n) is 24.8. The van der Waals surface area contributed by atoms with Crippen LogP contribution in [-0.2, 0) is 23.7 Å². The monoisotopic (exact) mass is 1210 g/mol. The van der Waals surface area contributed by atoms with Crippen LogP contribution in [0.3, 0.4) is 0 Å². The molecule has 5 heterocycles. The highest BCUT2D eigenvalue weighted by Gasteiger charge is 2.63. The Balaban J connectivity index is 0.000000131. The van der Waals surface area contributed by atoms with E-state index in [2.05, 4.69) is 76.2 Å². The Bertz CT molecular complexity index is 2690. The van der Waals surface area contributed by atoms with Gasteiger partial charge in [-0.25, -0.2) is 0 Å². The number of aldehydes is 1. The number of carbonyl (C=O) groups excluding carboxylic acids is 1. The van der Waals surface area contributed by atoms with Gasteiger partial charge < -0.3 is 48.2 Å². The van der Waals surface area contributed by atoms with Gasteiger partial charge in [0, 0.05) is 71.2 Å². The molecule has 9 saturated carbocycles. The molecular weight excluding hydrogens is 1100 g/mol. The number of ether oxygens (including phenoxy) is 7. The molecule has 0 spiro atoms. The molecule has 2 saturated heterocycles. The Kier molecular flexibility index (Phi) is 20.2. The number of hydrogen-bond acceptors (Lipinski definition) is 13. The summed E-state index contributed by atoms with van der Waals surface area (Å²) in [6.45, 7) is 31.5. The summed E-state index contributed by atoms with van der Waals surface area (Å²) in [7, 11) is 0. The lowest BCUT2D eigenvalue weighted by Gasteiger charge is -2.62. The number of pyridine rings is 3. The maximum atomic E-state index is 10.5. The molecule has 0 amide bonds. The maximum Gasteiger partial charge on any atom is 0.160 e. The summed E-state index contributed by atoms with van der Waals surface area (Å²) in [6.07, 6.45) is 35.5. The van der Waals surface area contributed by atoms with Crippen molar-refractivity contribution in [2.75, 3.05) is 39.6 Å². The lowest BCUT2D eigenvalue weighted by atomic mass is 9.46. The number of allylic oxidation sites excluding steroid dienone is 3. The fraction of sp³-hybridized carbons (Fsp3) is 0.707. The van der Waals surface area contributed by atoms with Crippen LogP contribution >= 0.6 is 0 Å². The van der Waals surface area contributed by atoms with E-state index in [4.69, 9.17) is 33.2 Å². The maximum absolute atomic E-state index is 10.5. The van der Waals surface area contributed by atoms with Crippen molar-refractivity contribution in [3.63, 3.8) is 0 Å². The largest absolute Gasteiger partial charge is 0.493 e. The third kappa shape index (κ3) is 13.7. The summed E-state index contributed by atoms with van der Waals surface area (Å²) in [5.74, 6) is 7.32. The first-order valence-corrected chi connectivity index (χ1v) is 34.3. The number of aromatic nitrogens is 3. The van der Waals surface area contributed by atoms with E-state index in [1.54, 1.807) is 37.2 Å². The highest BCUT2D eigenvalue weighted by Crippen LogP contribution is 2.66. The number of rotatable bonds is 16. The highest BCUT2D eigenvalue weighted by atomic mass is 16.7. The first-order valence-electron chi connectivity index (χ1n) is 34.3. The van der Waals surface area contributed by atoms with E-state index in [9.17, 15) is 15.0 Å². The van der Waals surface area contributed by atoms with Crippen molar-refractivity contribution in [3.8, 4) is 17.2 Å². The molecule has 88 heavy (non-hydrogen) atoms. The molecule has 482 valence electrons. The number of fused-ring (bicyclic) bond motifs is 7. The van der Waals surface area contributed by atoms with Crippen LogP contribution in [-0.4, -0.2) is 102 Å². The van der Waals surface area contributed by atoms with Crippen molar-refractivity contribution in [1.82, 2.24) is 15.0 Å². The summed E-state index contributed by atoms with van der Waals surface area (Å²) in [5.41, 5.74) is 4.50. The molecule has 11 fully saturated rings. The van der Waals surface area contributed by atoms with E-state index in [1.165, 1.54) is 68.1 Å². The zero-order valence-corrected chi connectivity index (χ0v) is 54.3. The van der Waals surface area contributed by atoms with Gasteiger partial charge in [-0.1, -0.05) is 78.0 Å². The van der Waals surface area contributed by atoms with Gasteiger partial charge in [0.25, 0.3) is 0 Å². The molecule has 0 bridgehead atoms. The van der Waals surface area contributed by atoms with E-state index in [0.29, 0.717) is 72.1 Å². The topological polar surface area (TPSA) is 161 Å². The quantitative estimate of drug-likeness (QED) is 0.103. The molecule has 2 N–H and O–H groups in total. The SMILES string of the molecule is C=C1CCC2[C@](C)(CO)[C@H](O)CC[C@@]2(C)[C@@H]1CCOc1ccncc1.C=C1CCC2[C@]3(C)CO[C@@H](C4CC4)O[C@@H]3CC[C@@]2(C)[C@@H]1CCOc1ccncc1.C=C1CCC2[C@]3(C)CO[C@@H](C4CC4)O[C@@H]3CC[C@@]2(C)[C@@H]1CCOc1ccncc1.O=CC1CC1. The standard InChI is InChI=1S/2C25H35NO3.C21H31NO3.C4H6O/c2*1-17-4-7-21-24(2,20(17)11-15-27-19-9-13-26-14-10-19)12-8-22-25(21,3)16-28-23(29-22)18-5-6-18;1-15-4-5-18-20(2,10-6-19(24)21(18,3)14-23)17(15)9-13-25-16-7-11-22-12-8-16;5-3-4-1-2-4/h2*9-10,13-14,18,20-23H,1,4-8,11-12,15-16H2,2-3H3;7-8,11-12,17-19,23-24H,1,4-6,9-10,13-14H2,2-3H3;3-4H,1-2H2/t2*20-,21?,22-,23-,24+,25+;17-,18?,19-,20+,21+;/m111./s1. The molecule has 0 radical (unpaired) electrons. The van der Waals surface area contributed by atoms with Crippen molar-refractivity contribution >= 4 is 6.29 Å². The average molecular weight is 1210 g/mol. The van der Waals surface area contributed by atoms with Gasteiger partial charge in [-0.05, 0) is 223 Å². The van der Waals surface area contributed by atoms with Crippen molar-refractivity contribution < 1.29 is 48.2 Å². The zero-order chi connectivity index (χ0) is 61.9. The average Bonchev–Trinajstić information content (AvgIpc) is 1.56. The van der Waals surface area contributed by atoms with E-state index in [-0.39, 0.29) is 46.3 Å². The van der Waals surface area contributed by atoms with Crippen LogP contribution in [0.2, 0.25) is 0 Å². The second-order valence-corrected chi connectivity index (χ2v) is 30.4. The zero-order valence-electron chi connectivity index (χ0n) is 54.3. The smallest absolute Gasteiger partial charge is 0.160 e. The molecular formula is C75H107N3O10. The number of aliphatic hydroxyl groups is 2. The number of hydrogen-bond donors (Lipinski definition) is 2. The van der Waals surface area contributed by atoms with Crippen LogP contribution in [0.5, 0.6) is 17.2 Å². The van der Waals surface area contributed by atoms with Crippen molar-refractivity contribution in [3.05, 3.63) is 110 Å². The van der Waals surface area contributed by atoms with Crippen molar-refractivity contribution in [2.45, 2.75) is 207 Å². The van der Waals surface area contributed by atoms with Gasteiger partial charge in [0.1, 0.15) is 23.5 Å². The number of aliphatic hydroxyl groups excluding tert-OH is 2. The number of carbonyl (C=O) groups is 1. The van der Waals surface area contributed by atoms with Crippen LogP contribution in [0.25, 0.3) is 0 Å². The molecule has 14 rings (SSSR count).